The predicted octanol–water partition coefficient (Wildman–Crippen LogP) is 8.35. The van der Waals surface area contributed by atoms with Crippen LogP contribution in [0.5, 0.6) is 0 Å². The van der Waals surface area contributed by atoms with Gasteiger partial charge in [0.25, 0.3) is 0 Å². The predicted molar refractivity (Wildman–Crippen MR) is 171 cm³/mol. The maximum absolute atomic E-state index is 4.37. The molecule has 9 aromatic rings. The summed E-state index contributed by atoms with van der Waals surface area (Å²) in [7, 11) is 0. The zero-order valence-electron chi connectivity index (χ0n) is 22.9. The van der Waals surface area contributed by atoms with E-state index in [2.05, 4.69) is 84.5 Å². The van der Waals surface area contributed by atoms with Crippen LogP contribution >= 0.6 is 0 Å². The topological polar surface area (TPSA) is 77.3 Å². The van der Waals surface area contributed by atoms with Crippen LogP contribution in [0, 0.1) is 0 Å². The third-order valence-electron chi connectivity index (χ3n) is 7.06. The molecule has 0 bridgehead atoms. The van der Waals surface area contributed by atoms with E-state index in [-0.39, 0.29) is 19.5 Å². The second-order valence-corrected chi connectivity index (χ2v) is 9.63. The molecule has 43 heavy (non-hydrogen) atoms. The molecule has 0 saturated heterocycles. The van der Waals surface area contributed by atoms with E-state index in [9.17, 15) is 0 Å². The maximum Gasteiger partial charge on any atom is 0.0795 e. The van der Waals surface area contributed by atoms with Gasteiger partial charge >= 0.3 is 0 Å². The van der Waals surface area contributed by atoms with Crippen LogP contribution in [0.1, 0.15) is 0 Å². The van der Waals surface area contributed by atoms with Crippen molar-refractivity contribution in [2.45, 2.75) is 0 Å². The number of pyridine rings is 6. The van der Waals surface area contributed by atoms with Crippen molar-refractivity contribution in [2.75, 3.05) is 0 Å². The molecule has 0 aliphatic carbocycles. The summed E-state index contributed by atoms with van der Waals surface area (Å²) >= 11 is 0. The first-order valence-corrected chi connectivity index (χ1v) is 13.6. The van der Waals surface area contributed by atoms with Gasteiger partial charge in [0.15, 0.2) is 0 Å². The molecule has 6 heterocycles. The van der Waals surface area contributed by atoms with E-state index >= 15 is 0 Å². The van der Waals surface area contributed by atoms with Gasteiger partial charge in [-0.25, -0.2) is 0 Å². The summed E-state index contributed by atoms with van der Waals surface area (Å²) in [6, 6.07) is 36.3. The van der Waals surface area contributed by atoms with Crippen molar-refractivity contribution in [3.63, 3.8) is 0 Å². The monoisotopic (exact) mass is 642 g/mol. The fraction of sp³-hybridized carbons (Fsp3) is 0. The quantitative estimate of drug-likeness (QED) is 0.122. The smallest absolute Gasteiger partial charge is 0.0795 e. The van der Waals surface area contributed by atoms with Gasteiger partial charge in [-0.3, -0.25) is 29.9 Å². The molecule has 0 unspecified atom stereocenters. The summed E-state index contributed by atoms with van der Waals surface area (Å²) in [6.07, 6.45) is 10.9. The molecule has 0 atom stereocenters. The maximum atomic E-state index is 4.37. The van der Waals surface area contributed by atoms with E-state index < -0.39 is 0 Å². The molecule has 6 nitrogen and oxygen atoms in total. The molecule has 7 heteroatoms. The van der Waals surface area contributed by atoms with E-state index in [0.717, 1.165) is 65.4 Å². The molecular formula is C36H24N6Ru. The van der Waals surface area contributed by atoms with E-state index in [1.807, 2.05) is 73.2 Å². The van der Waals surface area contributed by atoms with Crippen LogP contribution in [0.15, 0.2) is 146 Å². The molecule has 0 aliphatic heterocycles. The van der Waals surface area contributed by atoms with Gasteiger partial charge in [-0.05, 0) is 72.8 Å². The number of hydrogen-bond donors (Lipinski definition) is 0. The van der Waals surface area contributed by atoms with Crippen LogP contribution in [0.25, 0.3) is 65.4 Å². The molecular weight excluding hydrogens is 618 g/mol. The minimum absolute atomic E-state index is 0. The van der Waals surface area contributed by atoms with Gasteiger partial charge in [0.1, 0.15) is 0 Å². The van der Waals surface area contributed by atoms with Crippen LogP contribution in [0.2, 0.25) is 0 Å². The minimum atomic E-state index is 0. The summed E-state index contributed by atoms with van der Waals surface area (Å²) in [5.74, 6) is 0. The van der Waals surface area contributed by atoms with Crippen LogP contribution in [-0.4, -0.2) is 29.9 Å². The summed E-state index contributed by atoms with van der Waals surface area (Å²) in [4.78, 5) is 26.0. The third-order valence-corrected chi connectivity index (χ3v) is 7.06. The Balaban J connectivity index is 0.000000113. The summed E-state index contributed by atoms with van der Waals surface area (Å²) in [5, 5.41) is 6.83. The minimum Gasteiger partial charge on any atom is -0.256 e. The molecule has 0 aliphatic rings. The first-order chi connectivity index (χ1) is 20.8. The summed E-state index contributed by atoms with van der Waals surface area (Å²) in [6.45, 7) is 0. The van der Waals surface area contributed by atoms with Crippen molar-refractivity contribution < 1.29 is 19.5 Å². The number of nitrogens with zero attached hydrogens (tertiary/aromatic N) is 6. The average molecular weight is 642 g/mol. The Morgan fingerprint density at radius 1 is 0.279 bits per heavy atom. The molecule has 0 N–H and O–H groups in total. The zero-order chi connectivity index (χ0) is 28.1. The molecule has 6 aromatic heterocycles. The van der Waals surface area contributed by atoms with Gasteiger partial charge < -0.3 is 0 Å². The Morgan fingerprint density at radius 2 is 0.558 bits per heavy atom. The fourth-order valence-electron chi connectivity index (χ4n) is 5.09. The normalized spacial score (nSPS) is 10.6. The van der Waals surface area contributed by atoms with Gasteiger partial charge in [0.05, 0.1) is 33.1 Å². The molecule has 0 spiro atoms. The molecule has 9 rings (SSSR count). The Morgan fingerprint density at radius 3 is 0.884 bits per heavy atom. The number of aromatic nitrogens is 6. The second kappa shape index (κ2) is 12.7. The summed E-state index contributed by atoms with van der Waals surface area (Å²) < 4.78 is 0. The third kappa shape index (κ3) is 5.76. The molecule has 0 amide bonds. The van der Waals surface area contributed by atoms with E-state index in [1.165, 1.54) is 0 Å². The number of benzene rings is 3. The molecule has 0 radical (unpaired) electrons. The number of hydrogen-bond acceptors (Lipinski definition) is 6. The van der Waals surface area contributed by atoms with Crippen LogP contribution in [0.3, 0.4) is 0 Å². The number of rotatable bonds is 0. The standard InChI is InChI=1S/3C12H8N2.Ru/c3*1-3-9-5-6-11-10(4-2-7-13-11)12(9)14-8-1;/h3*1-8H;. The Labute approximate surface area is 260 Å². The Hall–Kier alpha value is -5.26. The van der Waals surface area contributed by atoms with Crippen LogP contribution in [0.4, 0.5) is 0 Å². The summed E-state index contributed by atoms with van der Waals surface area (Å²) in [5.41, 5.74) is 6.07. The average Bonchev–Trinajstić information content (AvgIpc) is 3.09. The van der Waals surface area contributed by atoms with E-state index in [4.69, 9.17) is 0 Å². The van der Waals surface area contributed by atoms with Gasteiger partial charge in [-0.2, -0.15) is 0 Å². The van der Waals surface area contributed by atoms with Crippen molar-refractivity contribution in [2.24, 2.45) is 0 Å². The molecule has 206 valence electrons. The Bertz CT molecular complexity index is 1910. The van der Waals surface area contributed by atoms with Gasteiger partial charge in [-0.15, -0.1) is 0 Å². The molecule has 3 aromatic carbocycles. The SMILES string of the molecule is [Ru].c1cnc2c(c1)ccc1ncccc12.c1cnc2c(c1)ccc1ncccc12.c1cnc2c(c1)ccc1ncccc12. The zero-order valence-corrected chi connectivity index (χ0v) is 24.6. The van der Waals surface area contributed by atoms with Crippen molar-refractivity contribution in [1.29, 1.82) is 0 Å². The van der Waals surface area contributed by atoms with Crippen molar-refractivity contribution >= 4 is 65.4 Å². The first kappa shape index (κ1) is 27.9. The van der Waals surface area contributed by atoms with Crippen LogP contribution < -0.4 is 0 Å². The largest absolute Gasteiger partial charge is 0.256 e. The number of fused-ring (bicyclic) bond motifs is 9. The molecule has 0 saturated carbocycles. The first-order valence-electron chi connectivity index (χ1n) is 13.6. The van der Waals surface area contributed by atoms with Gasteiger partial charge in [0.2, 0.25) is 0 Å². The van der Waals surface area contributed by atoms with Gasteiger partial charge in [0, 0.05) is 89.0 Å². The van der Waals surface area contributed by atoms with Crippen molar-refractivity contribution in [3.05, 3.63) is 146 Å². The Kier molecular flexibility index (Phi) is 8.25. The van der Waals surface area contributed by atoms with Crippen molar-refractivity contribution in [3.8, 4) is 0 Å². The van der Waals surface area contributed by atoms with Crippen LogP contribution in [-0.2, 0) is 19.5 Å². The fourth-order valence-corrected chi connectivity index (χ4v) is 5.09. The molecule has 0 fully saturated rings. The van der Waals surface area contributed by atoms with E-state index in [1.54, 1.807) is 18.6 Å². The van der Waals surface area contributed by atoms with Gasteiger partial charge in [-0.1, -0.05) is 36.4 Å². The van der Waals surface area contributed by atoms with E-state index in [0.29, 0.717) is 0 Å². The second-order valence-electron chi connectivity index (χ2n) is 9.63. The van der Waals surface area contributed by atoms with Crippen molar-refractivity contribution in [1.82, 2.24) is 29.9 Å².